The minimum atomic E-state index is -0.757. The number of carbonyl (C=O) groups is 1. The van der Waals surface area contributed by atoms with Gasteiger partial charge in [0.25, 0.3) is 5.90 Å². The van der Waals surface area contributed by atoms with Gasteiger partial charge in [-0.25, -0.2) is 0 Å². The monoisotopic (exact) mass is 400 g/mol. The number of nitrogens with one attached hydrogen (secondary N) is 1. The van der Waals surface area contributed by atoms with Crippen LogP contribution in [0, 0.1) is 0 Å². The smallest absolute Gasteiger partial charge is 0.262 e. The molecule has 4 rings (SSSR count). The van der Waals surface area contributed by atoms with E-state index in [1.807, 2.05) is 0 Å². The quantitative estimate of drug-likeness (QED) is 0.828. The summed E-state index contributed by atoms with van der Waals surface area (Å²) < 4.78 is 22.4. The molecule has 0 saturated carbocycles. The van der Waals surface area contributed by atoms with Crippen LogP contribution in [0.2, 0.25) is 0 Å². The molecular formula is C20H24N4O5. The third-order valence-electron chi connectivity index (χ3n) is 5.20. The van der Waals surface area contributed by atoms with Gasteiger partial charge < -0.3 is 18.9 Å². The molecule has 1 aromatic carbocycles. The number of hydrazone groups is 1. The summed E-state index contributed by atoms with van der Waals surface area (Å²) in [6, 6.07) is 3.50. The zero-order chi connectivity index (χ0) is 20.5. The number of ether oxygens (including phenoxy) is 4. The molecule has 0 radical (unpaired) electrons. The highest BCUT2D eigenvalue weighted by Gasteiger charge is 2.37. The van der Waals surface area contributed by atoms with Crippen LogP contribution in [-0.4, -0.2) is 48.3 Å². The van der Waals surface area contributed by atoms with E-state index in [2.05, 4.69) is 15.3 Å². The van der Waals surface area contributed by atoms with Crippen LogP contribution in [0.5, 0.6) is 17.2 Å². The zero-order valence-electron chi connectivity index (χ0n) is 16.9. The van der Waals surface area contributed by atoms with Crippen LogP contribution < -0.4 is 14.2 Å². The third-order valence-corrected chi connectivity index (χ3v) is 5.20. The summed E-state index contributed by atoms with van der Waals surface area (Å²) in [7, 11) is 4.62. The van der Waals surface area contributed by atoms with E-state index in [1.165, 1.54) is 33.3 Å². The molecule has 9 heteroatoms. The minimum absolute atomic E-state index is 0.247. The van der Waals surface area contributed by atoms with Gasteiger partial charge in [-0.3, -0.25) is 9.89 Å². The van der Waals surface area contributed by atoms with E-state index in [4.69, 9.17) is 18.9 Å². The SMILES string of the molecule is COc1cc(C2OC(c3n[nH]c4c3CCCC4)=NN2C(C)=O)cc(OC)c1OC. The minimum Gasteiger partial charge on any atom is -0.493 e. The van der Waals surface area contributed by atoms with Crippen molar-refractivity contribution in [2.75, 3.05) is 21.3 Å². The van der Waals surface area contributed by atoms with Crippen LogP contribution >= 0.6 is 0 Å². The van der Waals surface area contributed by atoms with Gasteiger partial charge in [0.1, 0.15) is 0 Å². The van der Waals surface area contributed by atoms with Gasteiger partial charge in [-0.1, -0.05) is 0 Å². The van der Waals surface area contributed by atoms with E-state index in [0.29, 0.717) is 34.4 Å². The van der Waals surface area contributed by atoms with Gasteiger partial charge in [0.15, 0.2) is 17.2 Å². The van der Waals surface area contributed by atoms with Gasteiger partial charge >= 0.3 is 0 Å². The molecule has 9 nitrogen and oxygen atoms in total. The Morgan fingerprint density at radius 3 is 2.45 bits per heavy atom. The Kier molecular flexibility index (Phi) is 5.04. The fraction of sp³-hybridized carbons (Fsp3) is 0.450. The second kappa shape index (κ2) is 7.65. The number of amides is 1. The Morgan fingerprint density at radius 1 is 1.14 bits per heavy atom. The molecule has 0 fully saturated rings. The molecule has 1 atom stereocenters. The maximum Gasteiger partial charge on any atom is 0.262 e. The van der Waals surface area contributed by atoms with Crippen molar-refractivity contribution in [2.24, 2.45) is 5.10 Å². The average molecular weight is 400 g/mol. The summed E-state index contributed by atoms with van der Waals surface area (Å²) in [5.74, 6) is 1.49. The molecule has 1 N–H and O–H groups in total. The van der Waals surface area contributed by atoms with E-state index in [1.54, 1.807) is 12.1 Å². The van der Waals surface area contributed by atoms with Crippen molar-refractivity contribution in [1.82, 2.24) is 15.2 Å². The molecule has 154 valence electrons. The van der Waals surface area contributed by atoms with Crippen molar-refractivity contribution < 1.29 is 23.7 Å². The number of carbonyl (C=O) groups excluding carboxylic acids is 1. The van der Waals surface area contributed by atoms with Gasteiger partial charge in [0, 0.05) is 23.7 Å². The maximum atomic E-state index is 12.3. The number of benzene rings is 1. The standard InChI is InChI=1S/C20H24N4O5/c1-11(25)24-20(12-9-15(26-2)18(28-4)16(10-12)27-3)29-19(23-24)17-13-7-5-6-8-14(13)21-22-17/h9-10,20H,5-8H2,1-4H3,(H,21,22). The van der Waals surface area contributed by atoms with Crippen molar-refractivity contribution >= 4 is 11.8 Å². The largest absolute Gasteiger partial charge is 0.493 e. The maximum absolute atomic E-state index is 12.3. The summed E-state index contributed by atoms with van der Waals surface area (Å²) in [5, 5.41) is 13.2. The number of hydrogen-bond donors (Lipinski definition) is 1. The lowest BCUT2D eigenvalue weighted by Crippen LogP contribution is -2.25. The van der Waals surface area contributed by atoms with Crippen LogP contribution in [0.3, 0.4) is 0 Å². The Bertz CT molecular complexity index is 943. The second-order valence-electron chi connectivity index (χ2n) is 6.93. The number of aromatic amines is 1. The van der Waals surface area contributed by atoms with Crippen molar-refractivity contribution in [3.8, 4) is 17.2 Å². The summed E-state index contributed by atoms with van der Waals surface area (Å²) in [6.07, 6.45) is 3.35. The lowest BCUT2D eigenvalue weighted by Gasteiger charge is -2.21. The molecule has 0 bridgehead atoms. The fourth-order valence-electron chi connectivity index (χ4n) is 3.78. The van der Waals surface area contributed by atoms with E-state index in [-0.39, 0.29) is 5.91 Å². The first kappa shape index (κ1) is 19.1. The highest BCUT2D eigenvalue weighted by molar-refractivity contribution is 5.96. The molecule has 1 unspecified atom stereocenters. The first-order chi connectivity index (χ1) is 14.1. The van der Waals surface area contributed by atoms with E-state index >= 15 is 0 Å². The molecule has 2 heterocycles. The Balaban J connectivity index is 1.72. The van der Waals surface area contributed by atoms with Gasteiger partial charge in [-0.2, -0.15) is 10.1 Å². The van der Waals surface area contributed by atoms with Crippen molar-refractivity contribution in [1.29, 1.82) is 0 Å². The normalized spacial score (nSPS) is 18.0. The molecule has 0 spiro atoms. The van der Waals surface area contributed by atoms with Gasteiger partial charge in [0.05, 0.1) is 21.3 Å². The number of methoxy groups -OCH3 is 3. The van der Waals surface area contributed by atoms with E-state index in [9.17, 15) is 4.79 Å². The van der Waals surface area contributed by atoms with Crippen molar-refractivity contribution in [3.63, 3.8) is 0 Å². The molecule has 0 saturated heterocycles. The summed E-state index contributed by atoms with van der Waals surface area (Å²) in [5.41, 5.74) is 3.55. The molecule has 2 aliphatic rings. The Hall–Kier alpha value is -3.23. The fourth-order valence-corrected chi connectivity index (χ4v) is 3.78. The molecular weight excluding hydrogens is 376 g/mol. The number of H-pyrrole nitrogens is 1. The number of aryl methyl sites for hydroxylation is 1. The van der Waals surface area contributed by atoms with Crippen molar-refractivity contribution in [2.45, 2.75) is 38.8 Å². The summed E-state index contributed by atoms with van der Waals surface area (Å²) >= 11 is 0. The number of fused-ring (bicyclic) bond motifs is 1. The Morgan fingerprint density at radius 2 is 1.83 bits per heavy atom. The molecule has 1 aliphatic carbocycles. The molecule has 1 aromatic heterocycles. The van der Waals surface area contributed by atoms with E-state index in [0.717, 1.165) is 36.9 Å². The van der Waals surface area contributed by atoms with Crippen LogP contribution in [0.25, 0.3) is 0 Å². The highest BCUT2D eigenvalue weighted by atomic mass is 16.5. The second-order valence-corrected chi connectivity index (χ2v) is 6.93. The van der Waals surface area contributed by atoms with Crippen LogP contribution in [0.15, 0.2) is 17.2 Å². The summed E-state index contributed by atoms with van der Waals surface area (Å²) in [6.45, 7) is 1.45. The first-order valence-electron chi connectivity index (χ1n) is 9.48. The highest BCUT2D eigenvalue weighted by Crippen LogP contribution is 2.42. The number of aromatic nitrogens is 2. The zero-order valence-corrected chi connectivity index (χ0v) is 16.9. The lowest BCUT2D eigenvalue weighted by atomic mass is 9.96. The topological polar surface area (TPSA) is 98.3 Å². The van der Waals surface area contributed by atoms with Gasteiger partial charge in [-0.15, -0.1) is 5.10 Å². The molecule has 1 aliphatic heterocycles. The number of hydrogen-bond acceptors (Lipinski definition) is 7. The van der Waals surface area contributed by atoms with Crippen molar-refractivity contribution in [3.05, 3.63) is 34.6 Å². The van der Waals surface area contributed by atoms with Crippen LogP contribution in [-0.2, 0) is 22.4 Å². The predicted octanol–water partition coefficient (Wildman–Crippen LogP) is 2.55. The van der Waals surface area contributed by atoms with Gasteiger partial charge in [0.2, 0.25) is 17.9 Å². The lowest BCUT2D eigenvalue weighted by molar-refractivity contribution is -0.135. The number of rotatable bonds is 5. The molecule has 2 aromatic rings. The summed E-state index contributed by atoms with van der Waals surface area (Å²) in [4.78, 5) is 12.3. The third kappa shape index (κ3) is 3.26. The predicted molar refractivity (Wildman–Crippen MR) is 104 cm³/mol. The Labute approximate surface area is 168 Å². The van der Waals surface area contributed by atoms with Crippen LogP contribution in [0.4, 0.5) is 0 Å². The number of nitrogens with zero attached hydrogens (tertiary/aromatic N) is 3. The average Bonchev–Trinajstić information content (AvgIpc) is 3.37. The van der Waals surface area contributed by atoms with Gasteiger partial charge in [-0.05, 0) is 37.8 Å². The first-order valence-corrected chi connectivity index (χ1v) is 9.48. The molecule has 29 heavy (non-hydrogen) atoms. The van der Waals surface area contributed by atoms with E-state index < -0.39 is 6.23 Å². The van der Waals surface area contributed by atoms with Crippen LogP contribution in [0.1, 0.15) is 48.5 Å². The molecule has 1 amide bonds.